The Morgan fingerprint density at radius 1 is 1.14 bits per heavy atom. The molecule has 0 aliphatic rings. The fraction of sp³-hybridized carbons (Fsp3) is 0.385. The van der Waals surface area contributed by atoms with Crippen LogP contribution in [0.15, 0.2) is 34.6 Å². The summed E-state index contributed by atoms with van der Waals surface area (Å²) >= 11 is 0. The Morgan fingerprint density at radius 3 is 2.67 bits per heavy atom. The van der Waals surface area contributed by atoms with Gasteiger partial charge in [0.1, 0.15) is 0 Å². The minimum absolute atomic E-state index is 0.293. The molecule has 0 saturated heterocycles. The van der Waals surface area contributed by atoms with Crippen molar-refractivity contribution in [1.82, 2.24) is 28.2 Å². The third kappa shape index (κ3) is 2.18. The Kier molecular flexibility index (Phi) is 3.20. The highest BCUT2D eigenvalue weighted by Gasteiger charge is 2.14. The zero-order valence-electron chi connectivity index (χ0n) is 11.9. The summed E-state index contributed by atoms with van der Waals surface area (Å²) in [5.41, 5.74) is 0.230. The molecule has 21 heavy (non-hydrogen) atoms. The largest absolute Gasteiger partial charge is 0.337 e. The minimum atomic E-state index is -0.336. The average molecular weight is 288 g/mol. The number of imidazole rings is 2. The van der Waals surface area contributed by atoms with E-state index in [1.807, 2.05) is 10.8 Å². The molecular weight excluding hydrogens is 272 g/mol. The van der Waals surface area contributed by atoms with Gasteiger partial charge < -0.3 is 9.13 Å². The lowest BCUT2D eigenvalue weighted by atomic mass is 10.4. The Balaban J connectivity index is 1.96. The van der Waals surface area contributed by atoms with Gasteiger partial charge in [-0.3, -0.25) is 13.9 Å². The zero-order chi connectivity index (χ0) is 15.0. The van der Waals surface area contributed by atoms with Gasteiger partial charge in [0.25, 0.3) is 5.56 Å². The van der Waals surface area contributed by atoms with Crippen LogP contribution in [0.25, 0.3) is 11.2 Å². The van der Waals surface area contributed by atoms with Crippen LogP contribution in [0, 0.1) is 0 Å². The predicted octanol–water partition coefficient (Wildman–Crippen LogP) is -0.280. The van der Waals surface area contributed by atoms with E-state index in [-0.39, 0.29) is 11.2 Å². The summed E-state index contributed by atoms with van der Waals surface area (Å²) in [6.45, 7) is 1.07. The standard InChI is InChI=1S/C13H16N6O2/c1-16-9-15-11-10(16)12(20)19(13(21)17(11)2)6-3-5-18-7-4-14-8-18/h4,7-9H,3,5-6H2,1-2H3. The molecule has 0 bridgehead atoms. The molecule has 0 aromatic carbocycles. The van der Waals surface area contributed by atoms with Gasteiger partial charge in [-0.25, -0.2) is 14.8 Å². The SMILES string of the molecule is Cn1cnc2c1c(=O)n(CCCn1ccnc1)c(=O)n2C. The quantitative estimate of drug-likeness (QED) is 0.661. The molecule has 0 saturated carbocycles. The molecule has 0 N–H and O–H groups in total. The molecule has 0 radical (unpaired) electrons. The molecule has 0 aliphatic carbocycles. The van der Waals surface area contributed by atoms with Crippen molar-refractivity contribution in [2.45, 2.75) is 19.5 Å². The fourth-order valence-corrected chi connectivity index (χ4v) is 2.42. The highest BCUT2D eigenvalue weighted by molar-refractivity contribution is 5.69. The van der Waals surface area contributed by atoms with E-state index >= 15 is 0 Å². The summed E-state index contributed by atoms with van der Waals surface area (Å²) in [5, 5.41) is 0. The van der Waals surface area contributed by atoms with Crippen LogP contribution in [-0.4, -0.2) is 28.2 Å². The number of hydrogen-bond acceptors (Lipinski definition) is 4. The maximum absolute atomic E-state index is 12.4. The van der Waals surface area contributed by atoms with Gasteiger partial charge in [-0.1, -0.05) is 0 Å². The number of aryl methyl sites for hydroxylation is 3. The van der Waals surface area contributed by atoms with Gasteiger partial charge >= 0.3 is 5.69 Å². The van der Waals surface area contributed by atoms with E-state index in [0.29, 0.717) is 30.7 Å². The highest BCUT2D eigenvalue weighted by atomic mass is 16.2. The number of aromatic nitrogens is 6. The number of fused-ring (bicyclic) bond motifs is 1. The maximum atomic E-state index is 12.4. The molecule has 3 aromatic heterocycles. The van der Waals surface area contributed by atoms with Crippen molar-refractivity contribution in [3.05, 3.63) is 45.9 Å². The number of rotatable bonds is 4. The number of nitrogens with zero attached hydrogens (tertiary/aromatic N) is 6. The van der Waals surface area contributed by atoms with Crippen LogP contribution in [-0.2, 0) is 27.2 Å². The molecule has 110 valence electrons. The molecule has 8 heteroatoms. The van der Waals surface area contributed by atoms with Gasteiger partial charge in [0.2, 0.25) is 0 Å². The van der Waals surface area contributed by atoms with E-state index in [1.165, 1.54) is 9.13 Å². The normalized spacial score (nSPS) is 11.3. The molecule has 0 aliphatic heterocycles. The van der Waals surface area contributed by atoms with E-state index in [2.05, 4.69) is 9.97 Å². The summed E-state index contributed by atoms with van der Waals surface area (Å²) < 4.78 is 6.23. The lowest BCUT2D eigenvalue weighted by molar-refractivity contribution is 0.525. The molecule has 8 nitrogen and oxygen atoms in total. The molecule has 0 amide bonds. The minimum Gasteiger partial charge on any atom is -0.337 e. The molecular formula is C13H16N6O2. The Morgan fingerprint density at radius 2 is 1.95 bits per heavy atom. The summed E-state index contributed by atoms with van der Waals surface area (Å²) in [5.74, 6) is 0. The zero-order valence-corrected chi connectivity index (χ0v) is 11.9. The van der Waals surface area contributed by atoms with Crippen LogP contribution in [0.5, 0.6) is 0 Å². The summed E-state index contributed by atoms with van der Waals surface area (Å²) in [6, 6.07) is 0. The molecule has 0 unspecified atom stereocenters. The summed E-state index contributed by atoms with van der Waals surface area (Å²) in [7, 11) is 3.38. The second kappa shape index (κ2) is 5.04. The van der Waals surface area contributed by atoms with Crippen molar-refractivity contribution >= 4 is 11.2 Å². The van der Waals surface area contributed by atoms with Gasteiger partial charge in [-0.2, -0.15) is 0 Å². The topological polar surface area (TPSA) is 79.6 Å². The third-order valence-corrected chi connectivity index (χ3v) is 3.56. The van der Waals surface area contributed by atoms with Crippen molar-refractivity contribution in [3.8, 4) is 0 Å². The Labute approximate surface area is 119 Å². The lowest BCUT2D eigenvalue weighted by Crippen LogP contribution is -2.39. The van der Waals surface area contributed by atoms with Crippen molar-refractivity contribution in [3.63, 3.8) is 0 Å². The fourth-order valence-electron chi connectivity index (χ4n) is 2.42. The first-order chi connectivity index (χ1) is 10.1. The molecule has 3 aromatic rings. The first-order valence-electron chi connectivity index (χ1n) is 6.66. The van der Waals surface area contributed by atoms with Gasteiger partial charge in [-0.15, -0.1) is 0 Å². The smallest absolute Gasteiger partial charge is 0.332 e. The molecule has 3 rings (SSSR count). The van der Waals surface area contributed by atoms with Gasteiger partial charge in [0.15, 0.2) is 11.2 Å². The van der Waals surface area contributed by atoms with E-state index < -0.39 is 0 Å². The summed E-state index contributed by atoms with van der Waals surface area (Å²) in [4.78, 5) is 32.8. The molecule has 0 fully saturated rings. The van der Waals surface area contributed by atoms with Crippen LogP contribution < -0.4 is 11.2 Å². The van der Waals surface area contributed by atoms with Crippen LogP contribution in [0.4, 0.5) is 0 Å². The lowest BCUT2D eigenvalue weighted by Gasteiger charge is -2.08. The van der Waals surface area contributed by atoms with Gasteiger partial charge in [0, 0.05) is 39.6 Å². The van der Waals surface area contributed by atoms with E-state index in [0.717, 1.165) is 0 Å². The molecule has 0 spiro atoms. The van der Waals surface area contributed by atoms with Crippen molar-refractivity contribution in [2.24, 2.45) is 14.1 Å². The van der Waals surface area contributed by atoms with E-state index in [9.17, 15) is 9.59 Å². The van der Waals surface area contributed by atoms with Crippen molar-refractivity contribution < 1.29 is 0 Å². The van der Waals surface area contributed by atoms with Crippen LogP contribution in [0.2, 0.25) is 0 Å². The van der Waals surface area contributed by atoms with E-state index in [1.54, 1.807) is 37.5 Å². The first-order valence-corrected chi connectivity index (χ1v) is 6.66. The Bertz CT molecular complexity index is 884. The maximum Gasteiger partial charge on any atom is 0.332 e. The molecule has 0 atom stereocenters. The number of hydrogen-bond donors (Lipinski definition) is 0. The molecule has 3 heterocycles. The second-order valence-electron chi connectivity index (χ2n) is 4.98. The van der Waals surface area contributed by atoms with Crippen LogP contribution in [0.1, 0.15) is 6.42 Å². The summed E-state index contributed by atoms with van der Waals surface area (Å²) in [6.07, 6.45) is 7.49. The van der Waals surface area contributed by atoms with Crippen LogP contribution in [0.3, 0.4) is 0 Å². The highest BCUT2D eigenvalue weighted by Crippen LogP contribution is 2.03. The van der Waals surface area contributed by atoms with Gasteiger partial charge in [0.05, 0.1) is 12.7 Å². The first kappa shape index (κ1) is 13.3. The monoisotopic (exact) mass is 288 g/mol. The van der Waals surface area contributed by atoms with Gasteiger partial charge in [-0.05, 0) is 6.42 Å². The van der Waals surface area contributed by atoms with Crippen LogP contribution >= 0.6 is 0 Å². The van der Waals surface area contributed by atoms with E-state index in [4.69, 9.17) is 0 Å². The third-order valence-electron chi connectivity index (χ3n) is 3.56. The average Bonchev–Trinajstić information content (AvgIpc) is 3.10. The van der Waals surface area contributed by atoms with Crippen molar-refractivity contribution in [1.29, 1.82) is 0 Å². The van der Waals surface area contributed by atoms with Crippen molar-refractivity contribution in [2.75, 3.05) is 0 Å². The predicted molar refractivity (Wildman–Crippen MR) is 77.1 cm³/mol. The second-order valence-corrected chi connectivity index (χ2v) is 4.98. The Hall–Kier alpha value is -2.64.